The minimum atomic E-state index is -4.27. The lowest BCUT2D eigenvalue weighted by Gasteiger charge is -2.25. The van der Waals surface area contributed by atoms with E-state index in [1.807, 2.05) is 0 Å². The van der Waals surface area contributed by atoms with Crippen LogP contribution in [0.25, 0.3) is 10.4 Å². The molecule has 10 heteroatoms. The summed E-state index contributed by atoms with van der Waals surface area (Å²) in [6.45, 7) is 0. The van der Waals surface area contributed by atoms with Crippen molar-refractivity contribution >= 4 is 38.9 Å². The number of hydrogen-bond donors (Lipinski definition) is 0. The van der Waals surface area contributed by atoms with Gasteiger partial charge in [0.05, 0.1) is 16.3 Å². The molecule has 3 aromatic rings. The fraction of sp³-hybridized carbons (Fsp3) is 0. The number of halogens is 2. The largest absolute Gasteiger partial charge is 0.287 e. The highest BCUT2D eigenvalue weighted by Crippen LogP contribution is 2.33. The zero-order chi connectivity index (χ0) is 21.0. The van der Waals surface area contributed by atoms with E-state index < -0.39 is 21.7 Å². The monoisotopic (exact) mass is 430 g/mol. The van der Waals surface area contributed by atoms with Crippen molar-refractivity contribution in [3.8, 4) is 0 Å². The van der Waals surface area contributed by atoms with Crippen LogP contribution in [-0.2, 0) is 10.0 Å². The third-order valence-corrected chi connectivity index (χ3v) is 5.86. The standard InChI is InChI=1S/C19H12ClFN4O3S/c20-14-7-9-16(10-8-14)25(17-5-2-4-15(21)12-17)29(27,28)18-6-1-3-13(11-18)19(26)23-24-22/h1-12H. The molecule has 0 aliphatic carbocycles. The highest BCUT2D eigenvalue weighted by Gasteiger charge is 2.27. The maximum absolute atomic E-state index is 13.8. The van der Waals surface area contributed by atoms with Crippen molar-refractivity contribution in [3.63, 3.8) is 0 Å². The Kier molecular flexibility index (Phi) is 5.84. The maximum atomic E-state index is 13.8. The van der Waals surface area contributed by atoms with Crippen LogP contribution in [0.3, 0.4) is 0 Å². The van der Waals surface area contributed by atoms with E-state index in [1.54, 1.807) is 0 Å². The molecule has 0 saturated carbocycles. The lowest BCUT2D eigenvalue weighted by molar-refractivity contribution is 0.1000. The summed E-state index contributed by atoms with van der Waals surface area (Å²) in [6, 6.07) is 16.1. The Morgan fingerprint density at radius 2 is 1.69 bits per heavy atom. The molecule has 0 saturated heterocycles. The first-order valence-corrected chi connectivity index (χ1v) is 9.91. The van der Waals surface area contributed by atoms with Crippen LogP contribution in [0.2, 0.25) is 5.02 Å². The highest BCUT2D eigenvalue weighted by molar-refractivity contribution is 7.93. The maximum Gasteiger partial charge on any atom is 0.268 e. The van der Waals surface area contributed by atoms with Gasteiger partial charge in [-0.25, -0.2) is 17.1 Å². The van der Waals surface area contributed by atoms with Crippen LogP contribution >= 0.6 is 11.6 Å². The fourth-order valence-electron chi connectivity index (χ4n) is 2.60. The van der Waals surface area contributed by atoms with Crippen LogP contribution in [0.15, 0.2) is 82.8 Å². The van der Waals surface area contributed by atoms with Gasteiger partial charge in [0, 0.05) is 15.5 Å². The summed E-state index contributed by atoms with van der Waals surface area (Å²) in [5.74, 6) is -1.54. The topological polar surface area (TPSA) is 103 Å². The molecule has 3 rings (SSSR count). The molecule has 0 aromatic heterocycles. The third kappa shape index (κ3) is 4.38. The van der Waals surface area contributed by atoms with Gasteiger partial charge in [-0.1, -0.05) is 29.8 Å². The number of azide groups is 1. The van der Waals surface area contributed by atoms with Crippen LogP contribution in [0, 0.1) is 5.82 Å². The van der Waals surface area contributed by atoms with Crippen molar-refractivity contribution in [1.29, 1.82) is 0 Å². The van der Waals surface area contributed by atoms with Crippen molar-refractivity contribution in [1.82, 2.24) is 0 Å². The molecule has 0 fully saturated rings. The van der Waals surface area contributed by atoms with Gasteiger partial charge < -0.3 is 0 Å². The van der Waals surface area contributed by atoms with E-state index in [2.05, 4.69) is 10.0 Å². The zero-order valence-electron chi connectivity index (χ0n) is 14.6. The minimum absolute atomic E-state index is 0.0547. The number of amides is 1. The molecular formula is C19H12ClFN4O3S. The number of carbonyl (C=O) groups excluding carboxylic acids is 1. The molecule has 0 aliphatic heterocycles. The number of sulfonamides is 1. The van der Waals surface area contributed by atoms with Crippen LogP contribution in [-0.4, -0.2) is 14.3 Å². The van der Waals surface area contributed by atoms with Gasteiger partial charge in [-0.05, 0) is 65.2 Å². The Morgan fingerprint density at radius 3 is 2.34 bits per heavy atom. The minimum Gasteiger partial charge on any atom is -0.287 e. The van der Waals surface area contributed by atoms with E-state index in [4.69, 9.17) is 17.1 Å². The molecule has 0 heterocycles. The normalized spacial score (nSPS) is 10.8. The van der Waals surface area contributed by atoms with Gasteiger partial charge in [0.1, 0.15) is 5.82 Å². The number of carbonyl (C=O) groups is 1. The lowest BCUT2D eigenvalue weighted by Crippen LogP contribution is -2.26. The number of rotatable bonds is 5. The van der Waals surface area contributed by atoms with Gasteiger partial charge in [-0.2, -0.15) is 0 Å². The second-order valence-electron chi connectivity index (χ2n) is 5.75. The molecule has 0 unspecified atom stereocenters. The summed E-state index contributed by atoms with van der Waals surface area (Å²) in [7, 11) is -4.27. The molecule has 146 valence electrons. The number of benzene rings is 3. The Hall–Kier alpha value is -3.39. The Morgan fingerprint density at radius 1 is 1.00 bits per heavy atom. The Balaban J connectivity index is 2.19. The fourth-order valence-corrected chi connectivity index (χ4v) is 4.25. The van der Waals surface area contributed by atoms with Gasteiger partial charge in [-0.3, -0.25) is 4.79 Å². The molecule has 0 aliphatic rings. The van der Waals surface area contributed by atoms with E-state index in [1.165, 1.54) is 60.7 Å². The molecular weight excluding hydrogens is 419 g/mol. The predicted molar refractivity (Wildman–Crippen MR) is 107 cm³/mol. The van der Waals surface area contributed by atoms with Crippen molar-refractivity contribution in [3.05, 3.63) is 99.6 Å². The molecule has 29 heavy (non-hydrogen) atoms. The number of nitrogens with zero attached hydrogens (tertiary/aromatic N) is 4. The van der Waals surface area contributed by atoms with E-state index in [-0.39, 0.29) is 21.8 Å². The van der Waals surface area contributed by atoms with Gasteiger partial charge in [0.2, 0.25) is 5.91 Å². The Labute approximate surface area is 170 Å². The average molecular weight is 431 g/mol. The molecule has 3 aromatic carbocycles. The van der Waals surface area contributed by atoms with Gasteiger partial charge >= 0.3 is 0 Å². The first-order chi connectivity index (χ1) is 13.8. The molecule has 7 nitrogen and oxygen atoms in total. The van der Waals surface area contributed by atoms with E-state index in [0.717, 1.165) is 16.4 Å². The van der Waals surface area contributed by atoms with Crippen LogP contribution in [0.4, 0.5) is 15.8 Å². The highest BCUT2D eigenvalue weighted by atomic mass is 35.5. The quantitative estimate of drug-likeness (QED) is 0.305. The first kappa shape index (κ1) is 20.3. The van der Waals surface area contributed by atoms with E-state index >= 15 is 0 Å². The number of anilines is 2. The van der Waals surface area contributed by atoms with Crippen molar-refractivity contribution < 1.29 is 17.6 Å². The molecule has 0 N–H and O–H groups in total. The van der Waals surface area contributed by atoms with Crippen molar-refractivity contribution in [2.24, 2.45) is 5.11 Å². The first-order valence-electron chi connectivity index (χ1n) is 8.09. The van der Waals surface area contributed by atoms with Crippen LogP contribution in [0.1, 0.15) is 10.4 Å². The Bertz CT molecular complexity index is 1230. The second-order valence-corrected chi connectivity index (χ2v) is 7.97. The molecule has 0 bridgehead atoms. The van der Waals surface area contributed by atoms with Crippen molar-refractivity contribution in [2.45, 2.75) is 4.90 Å². The van der Waals surface area contributed by atoms with Gasteiger partial charge in [0.25, 0.3) is 10.0 Å². The van der Waals surface area contributed by atoms with Crippen LogP contribution in [0.5, 0.6) is 0 Å². The average Bonchev–Trinajstić information content (AvgIpc) is 2.70. The molecule has 1 amide bonds. The third-order valence-electron chi connectivity index (χ3n) is 3.86. The van der Waals surface area contributed by atoms with Crippen molar-refractivity contribution in [2.75, 3.05) is 4.31 Å². The predicted octanol–water partition coefficient (Wildman–Crippen LogP) is 5.46. The second kappa shape index (κ2) is 8.32. The molecule has 0 spiro atoms. The van der Waals surface area contributed by atoms with E-state index in [0.29, 0.717) is 5.02 Å². The number of hydrogen-bond acceptors (Lipinski definition) is 3. The SMILES string of the molecule is [N-]=[N+]=NC(=O)c1cccc(S(=O)(=O)N(c2ccc(Cl)cc2)c2cccc(F)c2)c1. The zero-order valence-corrected chi connectivity index (χ0v) is 16.2. The lowest BCUT2D eigenvalue weighted by atomic mass is 10.2. The van der Waals surface area contributed by atoms with Gasteiger partial charge in [-0.15, -0.1) is 0 Å². The summed E-state index contributed by atoms with van der Waals surface area (Å²) < 4.78 is 41.6. The summed E-state index contributed by atoms with van der Waals surface area (Å²) >= 11 is 5.90. The molecule has 0 radical (unpaired) electrons. The molecule has 0 atom stereocenters. The summed E-state index contributed by atoms with van der Waals surface area (Å²) in [4.78, 5) is 14.0. The van der Waals surface area contributed by atoms with Gasteiger partial charge in [0.15, 0.2) is 0 Å². The van der Waals surface area contributed by atoms with Crippen LogP contribution < -0.4 is 4.31 Å². The smallest absolute Gasteiger partial charge is 0.268 e. The van der Waals surface area contributed by atoms with E-state index in [9.17, 15) is 17.6 Å². The summed E-state index contributed by atoms with van der Waals surface area (Å²) in [5, 5.41) is 3.37. The summed E-state index contributed by atoms with van der Waals surface area (Å²) in [6.07, 6.45) is 0. The summed E-state index contributed by atoms with van der Waals surface area (Å²) in [5.41, 5.74) is 8.60.